The number of aliphatic hydroxyl groups is 1. The van der Waals surface area contributed by atoms with Gasteiger partial charge in [0, 0.05) is 6.04 Å². The van der Waals surface area contributed by atoms with Crippen LogP contribution in [0.5, 0.6) is 0 Å². The van der Waals surface area contributed by atoms with Crippen LogP contribution in [-0.4, -0.2) is 40.4 Å². The van der Waals surface area contributed by atoms with Gasteiger partial charge in [0.1, 0.15) is 0 Å². The molecular formula is C13H24N2O4. The fourth-order valence-electron chi connectivity index (χ4n) is 2.62. The Morgan fingerprint density at radius 3 is 2.37 bits per heavy atom. The summed E-state index contributed by atoms with van der Waals surface area (Å²) in [6.07, 6.45) is 1.90. The van der Waals surface area contributed by atoms with E-state index >= 15 is 0 Å². The van der Waals surface area contributed by atoms with Crippen LogP contribution in [0.1, 0.15) is 40.0 Å². The lowest BCUT2D eigenvalue weighted by molar-refractivity contribution is -0.141. The van der Waals surface area contributed by atoms with Gasteiger partial charge >= 0.3 is 12.0 Å². The van der Waals surface area contributed by atoms with Crippen LogP contribution in [0, 0.1) is 11.8 Å². The highest BCUT2D eigenvalue weighted by Gasteiger charge is 2.29. The maximum atomic E-state index is 11.8. The number of carbonyl (C=O) groups excluding carboxylic acids is 1. The monoisotopic (exact) mass is 272 g/mol. The molecule has 19 heavy (non-hydrogen) atoms. The molecule has 1 saturated carbocycles. The van der Waals surface area contributed by atoms with Crippen LogP contribution in [0.2, 0.25) is 0 Å². The van der Waals surface area contributed by atoms with Gasteiger partial charge in [-0.2, -0.15) is 0 Å². The molecule has 110 valence electrons. The third-order valence-corrected chi connectivity index (χ3v) is 3.78. The summed E-state index contributed by atoms with van der Waals surface area (Å²) in [4.78, 5) is 22.6. The van der Waals surface area contributed by atoms with E-state index in [0.29, 0.717) is 11.8 Å². The van der Waals surface area contributed by atoms with Crippen LogP contribution >= 0.6 is 0 Å². The van der Waals surface area contributed by atoms with Gasteiger partial charge in [-0.05, 0) is 38.0 Å². The first-order chi connectivity index (χ1) is 8.81. The molecule has 0 heterocycles. The molecule has 6 nitrogen and oxygen atoms in total. The summed E-state index contributed by atoms with van der Waals surface area (Å²) < 4.78 is 0. The summed E-state index contributed by atoms with van der Waals surface area (Å²) in [7, 11) is 0. The highest BCUT2D eigenvalue weighted by atomic mass is 16.4. The average molecular weight is 272 g/mol. The second-order valence-corrected chi connectivity index (χ2v) is 5.68. The maximum Gasteiger partial charge on any atom is 0.328 e. The summed E-state index contributed by atoms with van der Waals surface area (Å²) in [6.45, 7) is 5.62. The van der Waals surface area contributed by atoms with E-state index in [1.165, 1.54) is 6.92 Å². The van der Waals surface area contributed by atoms with E-state index in [1.54, 1.807) is 0 Å². The number of carboxylic acid groups (broad SMARTS) is 1. The zero-order valence-electron chi connectivity index (χ0n) is 11.7. The first-order valence-electron chi connectivity index (χ1n) is 6.79. The first-order valence-corrected chi connectivity index (χ1v) is 6.79. The van der Waals surface area contributed by atoms with Crippen molar-refractivity contribution in [2.45, 2.75) is 58.2 Å². The molecule has 5 atom stereocenters. The van der Waals surface area contributed by atoms with E-state index in [-0.39, 0.29) is 6.04 Å². The van der Waals surface area contributed by atoms with Crippen molar-refractivity contribution in [2.75, 3.05) is 0 Å². The Hall–Kier alpha value is -1.30. The van der Waals surface area contributed by atoms with E-state index in [0.717, 1.165) is 19.3 Å². The molecule has 1 rings (SSSR count). The zero-order chi connectivity index (χ0) is 14.6. The number of aliphatic hydroxyl groups excluding tert-OH is 1. The molecule has 6 heteroatoms. The van der Waals surface area contributed by atoms with Gasteiger partial charge in [-0.3, -0.25) is 0 Å². The van der Waals surface area contributed by atoms with Gasteiger partial charge in [0.15, 0.2) is 6.04 Å². The molecule has 0 radical (unpaired) electrons. The number of hydrogen-bond donors (Lipinski definition) is 4. The number of rotatable bonds is 4. The Balaban J connectivity index is 2.48. The lowest BCUT2D eigenvalue weighted by Crippen LogP contribution is -2.54. The van der Waals surface area contributed by atoms with Crippen LogP contribution in [0.3, 0.4) is 0 Å². The number of nitrogens with one attached hydrogen (secondary N) is 2. The standard InChI is InChI=1S/C13H24N2O4/c1-7-4-5-10(8(2)6-7)14-13(19)15-11(9(3)16)12(17)18/h7-11,16H,4-6H2,1-3H3,(H,17,18)(H2,14,15,19)/t7?,8?,9-,10?,11+/m1/s1. The van der Waals surface area contributed by atoms with Gasteiger partial charge < -0.3 is 20.8 Å². The smallest absolute Gasteiger partial charge is 0.328 e. The van der Waals surface area contributed by atoms with Crippen molar-refractivity contribution in [1.82, 2.24) is 10.6 Å². The molecule has 0 saturated heterocycles. The fourth-order valence-corrected chi connectivity index (χ4v) is 2.62. The normalized spacial score (nSPS) is 30.2. The Bertz CT molecular complexity index is 333. The third-order valence-electron chi connectivity index (χ3n) is 3.78. The Labute approximate surface area is 113 Å². The molecule has 1 aliphatic rings. The molecule has 3 unspecified atom stereocenters. The van der Waals surface area contributed by atoms with Gasteiger partial charge in [0.25, 0.3) is 0 Å². The van der Waals surface area contributed by atoms with Crippen molar-refractivity contribution < 1.29 is 19.8 Å². The number of amides is 2. The SMILES string of the molecule is CC1CCC(NC(=O)N[C@H](C(=O)O)[C@@H](C)O)C(C)C1. The number of hydrogen-bond acceptors (Lipinski definition) is 3. The molecule has 1 aliphatic carbocycles. The average Bonchev–Trinajstić information content (AvgIpc) is 2.29. The predicted molar refractivity (Wildman–Crippen MR) is 70.7 cm³/mol. The summed E-state index contributed by atoms with van der Waals surface area (Å²) in [5, 5.41) is 23.3. The topological polar surface area (TPSA) is 98.7 Å². The molecule has 0 aliphatic heterocycles. The Morgan fingerprint density at radius 2 is 1.89 bits per heavy atom. The predicted octanol–water partition coefficient (Wildman–Crippen LogP) is 0.944. The minimum atomic E-state index is -1.28. The number of carboxylic acids is 1. The molecule has 0 aromatic carbocycles. The van der Waals surface area contributed by atoms with Crippen LogP contribution in [0.4, 0.5) is 4.79 Å². The molecule has 0 bridgehead atoms. The number of carbonyl (C=O) groups is 2. The molecule has 1 fully saturated rings. The second-order valence-electron chi connectivity index (χ2n) is 5.68. The van der Waals surface area contributed by atoms with Gasteiger partial charge in [0.05, 0.1) is 6.10 Å². The van der Waals surface area contributed by atoms with Crippen molar-refractivity contribution in [3.8, 4) is 0 Å². The largest absolute Gasteiger partial charge is 0.480 e. The number of aliphatic carboxylic acids is 1. The van der Waals surface area contributed by atoms with Crippen LogP contribution in [0.25, 0.3) is 0 Å². The highest BCUT2D eigenvalue weighted by molar-refractivity contribution is 5.83. The van der Waals surface area contributed by atoms with Gasteiger partial charge in [0.2, 0.25) is 0 Å². The van der Waals surface area contributed by atoms with E-state index in [1.807, 2.05) is 0 Å². The molecule has 0 aromatic rings. The maximum absolute atomic E-state index is 11.8. The van der Waals surface area contributed by atoms with Gasteiger partial charge in [-0.15, -0.1) is 0 Å². The first kappa shape index (κ1) is 15.8. The van der Waals surface area contributed by atoms with E-state index in [4.69, 9.17) is 5.11 Å². The van der Waals surface area contributed by atoms with Crippen molar-refractivity contribution in [2.24, 2.45) is 11.8 Å². The van der Waals surface area contributed by atoms with Crippen LogP contribution in [-0.2, 0) is 4.79 Å². The van der Waals surface area contributed by atoms with Crippen molar-refractivity contribution >= 4 is 12.0 Å². The van der Waals surface area contributed by atoms with Crippen molar-refractivity contribution in [3.63, 3.8) is 0 Å². The summed E-state index contributed by atoms with van der Waals surface area (Å²) in [6, 6.07) is -1.74. The van der Waals surface area contributed by atoms with Gasteiger partial charge in [-0.25, -0.2) is 9.59 Å². The van der Waals surface area contributed by atoms with Crippen LogP contribution in [0.15, 0.2) is 0 Å². The zero-order valence-corrected chi connectivity index (χ0v) is 11.7. The minimum Gasteiger partial charge on any atom is -0.480 e. The van der Waals surface area contributed by atoms with E-state index in [9.17, 15) is 14.7 Å². The summed E-state index contributed by atoms with van der Waals surface area (Å²) >= 11 is 0. The Kier molecular flexibility index (Phi) is 5.60. The second kappa shape index (κ2) is 6.75. The summed E-state index contributed by atoms with van der Waals surface area (Å²) in [5.74, 6) is -0.194. The molecule has 4 N–H and O–H groups in total. The molecule has 0 spiro atoms. The Morgan fingerprint density at radius 1 is 1.26 bits per heavy atom. The molecular weight excluding hydrogens is 248 g/mol. The summed E-state index contributed by atoms with van der Waals surface area (Å²) in [5.41, 5.74) is 0. The van der Waals surface area contributed by atoms with E-state index in [2.05, 4.69) is 24.5 Å². The van der Waals surface area contributed by atoms with Gasteiger partial charge in [-0.1, -0.05) is 13.8 Å². The minimum absolute atomic E-state index is 0.0691. The quantitative estimate of drug-likeness (QED) is 0.612. The fraction of sp³-hybridized carbons (Fsp3) is 0.846. The van der Waals surface area contributed by atoms with E-state index < -0.39 is 24.1 Å². The number of urea groups is 1. The van der Waals surface area contributed by atoms with Crippen molar-refractivity contribution in [3.05, 3.63) is 0 Å². The molecule has 2 amide bonds. The lowest BCUT2D eigenvalue weighted by atomic mass is 9.80. The lowest BCUT2D eigenvalue weighted by Gasteiger charge is -2.33. The van der Waals surface area contributed by atoms with Crippen molar-refractivity contribution in [1.29, 1.82) is 0 Å². The van der Waals surface area contributed by atoms with Crippen LogP contribution < -0.4 is 10.6 Å². The highest BCUT2D eigenvalue weighted by Crippen LogP contribution is 2.28. The third kappa shape index (κ3) is 4.70. The molecule has 0 aromatic heterocycles.